The molecule has 0 heterocycles. The van der Waals surface area contributed by atoms with Crippen LogP contribution in [0.25, 0.3) is 0 Å². The maximum atomic E-state index is 10.0. The summed E-state index contributed by atoms with van der Waals surface area (Å²) in [6, 6.07) is 0.617. The molecule has 0 aliphatic heterocycles. The smallest absolute Gasteiger partial charge is 0.0741 e. The van der Waals surface area contributed by atoms with E-state index in [0.29, 0.717) is 6.04 Å². The van der Waals surface area contributed by atoms with E-state index >= 15 is 0 Å². The van der Waals surface area contributed by atoms with Gasteiger partial charge in [0.05, 0.1) is 5.60 Å². The maximum Gasteiger partial charge on any atom is 0.0741 e. The van der Waals surface area contributed by atoms with Crippen molar-refractivity contribution in [2.24, 2.45) is 11.8 Å². The summed E-state index contributed by atoms with van der Waals surface area (Å²) >= 11 is 0. The normalized spacial score (nSPS) is 30.4. The summed E-state index contributed by atoms with van der Waals surface area (Å²) in [7, 11) is 0. The van der Waals surface area contributed by atoms with Crippen LogP contribution in [0, 0.1) is 11.8 Å². The third-order valence-electron chi connectivity index (χ3n) is 4.18. The van der Waals surface area contributed by atoms with Gasteiger partial charge in [-0.15, -0.1) is 0 Å². The van der Waals surface area contributed by atoms with Crippen LogP contribution in [0.4, 0.5) is 0 Å². The van der Waals surface area contributed by atoms with Crippen LogP contribution in [-0.4, -0.2) is 23.3 Å². The largest absolute Gasteiger partial charge is 0.389 e. The van der Waals surface area contributed by atoms with E-state index in [0.717, 1.165) is 24.8 Å². The zero-order valence-corrected chi connectivity index (χ0v) is 11.4. The monoisotopic (exact) mass is 227 g/mol. The minimum atomic E-state index is -0.543. The number of rotatable bonds is 5. The average Bonchev–Trinajstić information content (AvgIpc) is 2.27. The Morgan fingerprint density at radius 3 is 2.50 bits per heavy atom. The zero-order chi connectivity index (χ0) is 12.2. The standard InChI is InChI=1S/C14H29NO/c1-5-14(4,16)10-15-13-9-7-6-8-12(13)11(2)3/h11-13,15-16H,5-10H2,1-4H3. The Morgan fingerprint density at radius 2 is 1.94 bits per heavy atom. The molecule has 96 valence electrons. The zero-order valence-electron chi connectivity index (χ0n) is 11.4. The van der Waals surface area contributed by atoms with Gasteiger partial charge in [-0.05, 0) is 38.0 Å². The Kier molecular flexibility index (Phi) is 5.26. The summed E-state index contributed by atoms with van der Waals surface area (Å²) in [5.41, 5.74) is -0.543. The first-order valence-electron chi connectivity index (χ1n) is 6.92. The third-order valence-corrected chi connectivity index (χ3v) is 4.18. The molecule has 1 rings (SSSR count). The predicted molar refractivity (Wildman–Crippen MR) is 69.5 cm³/mol. The van der Waals surface area contributed by atoms with Gasteiger partial charge in [-0.1, -0.05) is 33.6 Å². The van der Waals surface area contributed by atoms with Crippen LogP contribution in [0.2, 0.25) is 0 Å². The van der Waals surface area contributed by atoms with Gasteiger partial charge < -0.3 is 10.4 Å². The summed E-state index contributed by atoms with van der Waals surface area (Å²) in [6.45, 7) is 9.35. The van der Waals surface area contributed by atoms with Crippen molar-refractivity contribution in [1.29, 1.82) is 0 Å². The number of hydrogen-bond acceptors (Lipinski definition) is 2. The second-order valence-electron chi connectivity index (χ2n) is 6.03. The minimum Gasteiger partial charge on any atom is -0.389 e. The minimum absolute atomic E-state index is 0.543. The lowest BCUT2D eigenvalue weighted by molar-refractivity contribution is 0.0459. The predicted octanol–water partition coefficient (Wildman–Crippen LogP) is 2.95. The molecule has 3 atom stereocenters. The van der Waals surface area contributed by atoms with E-state index in [9.17, 15) is 5.11 Å². The molecule has 3 unspecified atom stereocenters. The highest BCUT2D eigenvalue weighted by atomic mass is 16.3. The van der Waals surface area contributed by atoms with Crippen molar-refractivity contribution < 1.29 is 5.11 Å². The van der Waals surface area contributed by atoms with Crippen molar-refractivity contribution in [1.82, 2.24) is 5.32 Å². The molecule has 0 aromatic heterocycles. The Bertz CT molecular complexity index is 201. The van der Waals surface area contributed by atoms with Gasteiger partial charge in [-0.25, -0.2) is 0 Å². The van der Waals surface area contributed by atoms with Crippen LogP contribution >= 0.6 is 0 Å². The van der Waals surface area contributed by atoms with Crippen molar-refractivity contribution in [3.63, 3.8) is 0 Å². The molecular formula is C14H29NO. The molecule has 16 heavy (non-hydrogen) atoms. The lowest BCUT2D eigenvalue weighted by Crippen LogP contribution is -2.47. The van der Waals surface area contributed by atoms with Gasteiger partial charge in [0.15, 0.2) is 0 Å². The van der Waals surface area contributed by atoms with Gasteiger partial charge in [0.1, 0.15) is 0 Å². The summed E-state index contributed by atoms with van der Waals surface area (Å²) in [5, 5.41) is 13.6. The highest BCUT2D eigenvalue weighted by Gasteiger charge is 2.28. The first-order valence-corrected chi connectivity index (χ1v) is 6.92. The molecule has 1 aliphatic rings. The Hall–Kier alpha value is -0.0800. The summed E-state index contributed by atoms with van der Waals surface area (Å²) in [6.07, 6.45) is 6.17. The second-order valence-corrected chi connectivity index (χ2v) is 6.03. The van der Waals surface area contributed by atoms with E-state index in [4.69, 9.17) is 0 Å². The highest BCUT2D eigenvalue weighted by Crippen LogP contribution is 2.30. The molecule has 0 aromatic rings. The van der Waals surface area contributed by atoms with Crippen molar-refractivity contribution in [3.8, 4) is 0 Å². The van der Waals surface area contributed by atoms with E-state index in [1.807, 2.05) is 13.8 Å². The van der Waals surface area contributed by atoms with E-state index in [1.54, 1.807) is 0 Å². The first kappa shape index (κ1) is 14.0. The van der Waals surface area contributed by atoms with Crippen LogP contribution in [-0.2, 0) is 0 Å². The van der Waals surface area contributed by atoms with Crippen LogP contribution in [0.1, 0.15) is 59.8 Å². The van der Waals surface area contributed by atoms with Crippen LogP contribution in [0.3, 0.4) is 0 Å². The molecule has 0 saturated heterocycles. The Morgan fingerprint density at radius 1 is 1.31 bits per heavy atom. The molecule has 2 nitrogen and oxygen atoms in total. The molecule has 0 radical (unpaired) electrons. The molecule has 1 saturated carbocycles. The number of nitrogens with one attached hydrogen (secondary N) is 1. The Labute approximate surface area is 101 Å². The fourth-order valence-corrected chi connectivity index (χ4v) is 2.69. The first-order chi connectivity index (χ1) is 7.46. The van der Waals surface area contributed by atoms with Crippen LogP contribution in [0.15, 0.2) is 0 Å². The Balaban J connectivity index is 2.44. The summed E-state index contributed by atoms with van der Waals surface area (Å²) in [5.74, 6) is 1.55. The van der Waals surface area contributed by atoms with Crippen molar-refractivity contribution in [2.45, 2.75) is 71.4 Å². The lowest BCUT2D eigenvalue weighted by Gasteiger charge is -2.37. The molecule has 1 fully saturated rings. The molecule has 1 aliphatic carbocycles. The van der Waals surface area contributed by atoms with Gasteiger partial charge in [-0.3, -0.25) is 0 Å². The fourth-order valence-electron chi connectivity index (χ4n) is 2.69. The third kappa shape index (κ3) is 4.06. The quantitative estimate of drug-likeness (QED) is 0.757. The molecule has 0 amide bonds. The van der Waals surface area contributed by atoms with Crippen molar-refractivity contribution in [2.75, 3.05) is 6.54 Å². The van der Waals surface area contributed by atoms with E-state index in [-0.39, 0.29) is 0 Å². The molecular weight excluding hydrogens is 198 g/mol. The lowest BCUT2D eigenvalue weighted by atomic mass is 9.77. The van der Waals surface area contributed by atoms with Gasteiger partial charge in [0, 0.05) is 12.6 Å². The van der Waals surface area contributed by atoms with Crippen LogP contribution in [0.5, 0.6) is 0 Å². The molecule has 2 N–H and O–H groups in total. The number of hydrogen-bond donors (Lipinski definition) is 2. The van der Waals surface area contributed by atoms with E-state index in [1.165, 1.54) is 25.7 Å². The second kappa shape index (κ2) is 6.02. The van der Waals surface area contributed by atoms with Crippen molar-refractivity contribution >= 4 is 0 Å². The topological polar surface area (TPSA) is 32.3 Å². The maximum absolute atomic E-state index is 10.0. The van der Waals surface area contributed by atoms with E-state index in [2.05, 4.69) is 19.2 Å². The SMILES string of the molecule is CCC(C)(O)CNC1CCCCC1C(C)C. The van der Waals surface area contributed by atoms with Gasteiger partial charge in [-0.2, -0.15) is 0 Å². The van der Waals surface area contributed by atoms with Gasteiger partial charge in [0.25, 0.3) is 0 Å². The summed E-state index contributed by atoms with van der Waals surface area (Å²) < 4.78 is 0. The molecule has 0 aromatic carbocycles. The molecule has 0 spiro atoms. The fraction of sp³-hybridized carbons (Fsp3) is 1.00. The average molecular weight is 227 g/mol. The van der Waals surface area contributed by atoms with Gasteiger partial charge in [0.2, 0.25) is 0 Å². The molecule has 2 heteroatoms. The molecule has 0 bridgehead atoms. The highest BCUT2D eigenvalue weighted by molar-refractivity contribution is 4.85. The van der Waals surface area contributed by atoms with Gasteiger partial charge >= 0.3 is 0 Å². The van der Waals surface area contributed by atoms with Crippen LogP contribution < -0.4 is 5.32 Å². The number of aliphatic hydroxyl groups is 1. The van der Waals surface area contributed by atoms with Crippen molar-refractivity contribution in [3.05, 3.63) is 0 Å². The summed E-state index contributed by atoms with van der Waals surface area (Å²) in [4.78, 5) is 0. The van der Waals surface area contributed by atoms with E-state index < -0.39 is 5.60 Å².